The number of anilines is 2. The summed E-state index contributed by atoms with van der Waals surface area (Å²) in [5.41, 5.74) is 6.97. The maximum Gasteiger partial charge on any atom is 0.416 e. The first-order valence-electron chi connectivity index (χ1n) is 12.7. The molecule has 0 spiro atoms. The molecule has 2 aromatic heterocycles. The van der Waals surface area contributed by atoms with E-state index in [1.54, 1.807) is 12.3 Å². The topological polar surface area (TPSA) is 90.9 Å². The van der Waals surface area contributed by atoms with Gasteiger partial charge in [-0.2, -0.15) is 13.2 Å². The second-order valence-electron chi connectivity index (χ2n) is 10.5. The zero-order valence-electron chi connectivity index (χ0n) is 20.5. The molecule has 5 rings (SSSR count). The quantitative estimate of drug-likeness (QED) is 0.454. The van der Waals surface area contributed by atoms with E-state index in [1.165, 1.54) is 6.07 Å². The molecule has 1 saturated heterocycles. The molecule has 1 aromatic carbocycles. The minimum absolute atomic E-state index is 0.0785. The summed E-state index contributed by atoms with van der Waals surface area (Å²) in [6, 6.07) is 5.33. The van der Waals surface area contributed by atoms with Crippen molar-refractivity contribution in [2.75, 3.05) is 25.1 Å². The first kappa shape index (κ1) is 25.0. The third-order valence-electron chi connectivity index (χ3n) is 7.73. The van der Waals surface area contributed by atoms with Gasteiger partial charge in [0.15, 0.2) is 5.65 Å². The predicted octanol–water partition coefficient (Wildman–Crippen LogP) is 5.64. The molecule has 36 heavy (non-hydrogen) atoms. The van der Waals surface area contributed by atoms with E-state index >= 15 is 0 Å². The second kappa shape index (κ2) is 9.97. The average molecular weight is 503 g/mol. The Balaban J connectivity index is 1.51. The van der Waals surface area contributed by atoms with Crippen LogP contribution in [-0.4, -0.2) is 39.3 Å². The number of nitrogens with one attached hydrogen (secondary N) is 1. The Morgan fingerprint density at radius 1 is 1.14 bits per heavy atom. The fourth-order valence-corrected chi connectivity index (χ4v) is 5.41. The van der Waals surface area contributed by atoms with Crippen LogP contribution in [0.3, 0.4) is 0 Å². The van der Waals surface area contributed by atoms with E-state index in [2.05, 4.69) is 21.8 Å². The second-order valence-corrected chi connectivity index (χ2v) is 10.5. The van der Waals surface area contributed by atoms with Gasteiger partial charge in [-0.3, -0.25) is 4.57 Å². The summed E-state index contributed by atoms with van der Waals surface area (Å²) in [5, 5.41) is 3.15. The Bertz CT molecular complexity index is 1200. The van der Waals surface area contributed by atoms with E-state index in [0.717, 1.165) is 81.8 Å². The molecule has 10 heteroatoms. The first-order valence-corrected chi connectivity index (χ1v) is 12.7. The van der Waals surface area contributed by atoms with Crippen LogP contribution in [0, 0.1) is 11.3 Å². The lowest BCUT2D eigenvalue weighted by molar-refractivity contribution is -0.137. The predicted molar refractivity (Wildman–Crippen MR) is 132 cm³/mol. The molecule has 3 N–H and O–H groups in total. The Hall–Kier alpha value is -2.72. The van der Waals surface area contributed by atoms with Gasteiger partial charge in [0.05, 0.1) is 11.8 Å². The molecule has 0 radical (unpaired) electrons. The number of hydrogen-bond acceptors (Lipinski definition) is 6. The van der Waals surface area contributed by atoms with Gasteiger partial charge in [-0.1, -0.05) is 13.0 Å². The number of imidazole rings is 1. The lowest BCUT2D eigenvalue weighted by atomic mass is 9.79. The third-order valence-corrected chi connectivity index (χ3v) is 7.73. The Kier molecular flexibility index (Phi) is 6.91. The summed E-state index contributed by atoms with van der Waals surface area (Å²) >= 11 is 0. The molecule has 1 aliphatic carbocycles. The van der Waals surface area contributed by atoms with Crippen LogP contribution in [0.2, 0.25) is 0 Å². The van der Waals surface area contributed by atoms with Crippen LogP contribution in [0.4, 0.5) is 24.8 Å². The third kappa shape index (κ3) is 5.34. The van der Waals surface area contributed by atoms with E-state index in [0.29, 0.717) is 29.6 Å². The van der Waals surface area contributed by atoms with Gasteiger partial charge in [-0.05, 0) is 74.6 Å². The van der Waals surface area contributed by atoms with Gasteiger partial charge in [-0.25, -0.2) is 15.0 Å². The van der Waals surface area contributed by atoms with Gasteiger partial charge in [-0.15, -0.1) is 0 Å². The molecule has 1 aliphatic heterocycles. The lowest BCUT2D eigenvalue weighted by Gasteiger charge is -2.33. The van der Waals surface area contributed by atoms with Crippen molar-refractivity contribution >= 4 is 22.8 Å². The molecular weight excluding hydrogens is 469 g/mol. The summed E-state index contributed by atoms with van der Waals surface area (Å²) in [7, 11) is 0. The highest BCUT2D eigenvalue weighted by atomic mass is 19.4. The number of halogens is 3. The molecule has 2 fully saturated rings. The van der Waals surface area contributed by atoms with Crippen molar-refractivity contribution in [2.24, 2.45) is 17.1 Å². The van der Waals surface area contributed by atoms with Crippen LogP contribution >= 0.6 is 0 Å². The zero-order chi connectivity index (χ0) is 25.3. The highest BCUT2D eigenvalue weighted by Crippen LogP contribution is 2.38. The molecule has 194 valence electrons. The number of ether oxygens (including phenoxy) is 1. The number of fused-ring (bicyclic) bond motifs is 1. The largest absolute Gasteiger partial charge is 0.416 e. The van der Waals surface area contributed by atoms with Crippen LogP contribution < -0.4 is 11.1 Å². The molecular formula is C26H33F3N6O. The number of nitrogens with two attached hydrogens (primary N) is 1. The smallest absolute Gasteiger partial charge is 0.381 e. The summed E-state index contributed by atoms with van der Waals surface area (Å²) in [6.45, 7) is 4.40. The van der Waals surface area contributed by atoms with Crippen LogP contribution in [-0.2, 0) is 17.3 Å². The maximum atomic E-state index is 13.3. The van der Waals surface area contributed by atoms with Crippen molar-refractivity contribution in [1.29, 1.82) is 0 Å². The molecule has 0 bridgehead atoms. The molecule has 0 amide bonds. The van der Waals surface area contributed by atoms with Crippen molar-refractivity contribution in [3.8, 4) is 0 Å². The molecule has 7 nitrogen and oxygen atoms in total. The highest BCUT2D eigenvalue weighted by molar-refractivity contribution is 5.75. The summed E-state index contributed by atoms with van der Waals surface area (Å²) in [5.74, 6) is 1.74. The van der Waals surface area contributed by atoms with E-state index in [1.807, 2.05) is 0 Å². The fraction of sp³-hybridized carbons (Fsp3) is 0.577. The monoisotopic (exact) mass is 502 g/mol. The number of nitrogens with zero attached hydrogens (tertiary/aromatic N) is 4. The van der Waals surface area contributed by atoms with E-state index < -0.39 is 11.7 Å². The van der Waals surface area contributed by atoms with Crippen molar-refractivity contribution in [3.63, 3.8) is 0 Å². The normalized spacial score (nSPS) is 22.6. The van der Waals surface area contributed by atoms with Crippen LogP contribution in [0.15, 0.2) is 30.5 Å². The number of hydrogen-bond donors (Lipinski definition) is 2. The number of rotatable bonds is 6. The van der Waals surface area contributed by atoms with Crippen molar-refractivity contribution < 1.29 is 17.9 Å². The zero-order valence-corrected chi connectivity index (χ0v) is 20.5. The summed E-state index contributed by atoms with van der Waals surface area (Å²) in [4.78, 5) is 14.3. The van der Waals surface area contributed by atoms with Gasteiger partial charge in [0.25, 0.3) is 0 Å². The Labute approximate surface area is 208 Å². The van der Waals surface area contributed by atoms with Gasteiger partial charge in [0.2, 0.25) is 5.95 Å². The maximum absolute atomic E-state index is 13.3. The molecule has 2 aliphatic rings. The highest BCUT2D eigenvalue weighted by Gasteiger charge is 2.32. The summed E-state index contributed by atoms with van der Waals surface area (Å²) < 4.78 is 47.5. The van der Waals surface area contributed by atoms with Gasteiger partial charge >= 0.3 is 6.18 Å². The Morgan fingerprint density at radius 3 is 2.58 bits per heavy atom. The van der Waals surface area contributed by atoms with Gasteiger partial charge in [0, 0.05) is 31.4 Å². The molecule has 0 atom stereocenters. The molecule has 1 saturated carbocycles. The standard InChI is InChI=1S/C26H33F3N6O/c1-25(9-11-36-12-10-25)14-22-31-16-21-23(34-22)35(20-7-5-17(15-30)6-8-20)24(33-21)32-19-4-2-3-18(13-19)26(27,28)29/h2-4,13,16-17,20H,5-12,14-15,30H2,1H3,(H,32,33). The molecule has 0 unspecified atom stereocenters. The number of aromatic nitrogens is 4. The van der Waals surface area contributed by atoms with Crippen LogP contribution in [0.25, 0.3) is 11.2 Å². The van der Waals surface area contributed by atoms with E-state index in [9.17, 15) is 13.2 Å². The number of benzene rings is 1. The van der Waals surface area contributed by atoms with Crippen molar-refractivity contribution in [2.45, 2.75) is 64.1 Å². The molecule has 3 aromatic rings. The molecule has 3 heterocycles. The average Bonchev–Trinajstić information content (AvgIpc) is 3.21. The van der Waals surface area contributed by atoms with Gasteiger partial charge < -0.3 is 15.8 Å². The Morgan fingerprint density at radius 2 is 1.89 bits per heavy atom. The fourth-order valence-electron chi connectivity index (χ4n) is 5.41. The SMILES string of the molecule is CC1(Cc2ncc3nc(Nc4cccc(C(F)(F)F)c4)n(C4CCC(CN)CC4)c3n2)CCOCC1. The van der Waals surface area contributed by atoms with E-state index in [-0.39, 0.29) is 11.5 Å². The van der Waals surface area contributed by atoms with Crippen molar-refractivity contribution in [3.05, 3.63) is 41.9 Å². The number of alkyl halides is 3. The first-order chi connectivity index (χ1) is 17.2. The van der Waals surface area contributed by atoms with Crippen molar-refractivity contribution in [1.82, 2.24) is 19.5 Å². The van der Waals surface area contributed by atoms with Crippen LogP contribution in [0.1, 0.15) is 62.9 Å². The minimum atomic E-state index is -4.42. The van der Waals surface area contributed by atoms with E-state index in [4.69, 9.17) is 20.4 Å². The van der Waals surface area contributed by atoms with Crippen LogP contribution in [0.5, 0.6) is 0 Å². The minimum Gasteiger partial charge on any atom is -0.381 e. The summed E-state index contributed by atoms with van der Waals surface area (Å²) in [6.07, 6.45) is 3.81. The van der Waals surface area contributed by atoms with Gasteiger partial charge in [0.1, 0.15) is 11.3 Å². The lowest BCUT2D eigenvalue weighted by Crippen LogP contribution is -2.29.